The Morgan fingerprint density at radius 1 is 0.794 bits per heavy atom. The first-order valence-electron chi connectivity index (χ1n) is 10.1. The van der Waals surface area contributed by atoms with Crippen molar-refractivity contribution in [2.45, 2.75) is 80.9 Å². The number of carboxylic acids is 1. The number of carbonyl (C=O) groups excluding carboxylic acids is 4. The Kier molecular flexibility index (Phi) is 42.7. The molecule has 0 fully saturated rings. The number of hydrogen-bond donors (Lipinski definition) is 7. The van der Waals surface area contributed by atoms with Gasteiger partial charge in [0, 0.05) is 72.4 Å². The van der Waals surface area contributed by atoms with Crippen molar-refractivity contribution in [2.75, 3.05) is 26.7 Å². The van der Waals surface area contributed by atoms with Crippen LogP contribution in [0.15, 0.2) is 0 Å². The number of ether oxygens (including phenoxy) is 1. The van der Waals surface area contributed by atoms with Gasteiger partial charge in [0.15, 0.2) is 0 Å². The third kappa shape index (κ3) is 100. The zero-order valence-corrected chi connectivity index (χ0v) is 21.5. The van der Waals surface area contributed by atoms with Crippen molar-refractivity contribution in [1.29, 1.82) is 0 Å². The number of nitrogens with two attached hydrogens (primary N) is 3. The van der Waals surface area contributed by atoms with Gasteiger partial charge in [0.2, 0.25) is 17.7 Å². The van der Waals surface area contributed by atoms with Gasteiger partial charge >= 0.3 is 5.97 Å². The van der Waals surface area contributed by atoms with Crippen LogP contribution in [0.3, 0.4) is 0 Å². The Morgan fingerprint density at radius 2 is 1.09 bits per heavy atom. The summed E-state index contributed by atoms with van der Waals surface area (Å²) in [7, 11) is 1.35. The lowest BCUT2D eigenvalue weighted by Gasteiger charge is -2.11. The Bertz CT molecular complexity index is 526. The van der Waals surface area contributed by atoms with Crippen LogP contribution in [0.5, 0.6) is 0 Å². The summed E-state index contributed by atoms with van der Waals surface area (Å²) in [6.45, 7) is 14.0. The third-order valence-electron chi connectivity index (χ3n) is 2.44. The van der Waals surface area contributed by atoms with Gasteiger partial charge in [0.25, 0.3) is 5.97 Å². The molecule has 0 aliphatic rings. The number of rotatable bonds is 6. The molecule has 34 heavy (non-hydrogen) atoms. The summed E-state index contributed by atoms with van der Waals surface area (Å²) in [4.78, 5) is 49.7. The molecule has 0 aromatic heterocycles. The van der Waals surface area contributed by atoms with Crippen molar-refractivity contribution < 1.29 is 33.8 Å². The number of carboxylic acid groups (broad SMARTS) is 1. The molecule has 13 nitrogen and oxygen atoms in total. The molecule has 206 valence electrons. The molecule has 0 heterocycles. The molecule has 0 saturated heterocycles. The Labute approximate surface area is 204 Å². The highest BCUT2D eigenvalue weighted by Gasteiger charge is 2.02. The van der Waals surface area contributed by atoms with Gasteiger partial charge in [-0.1, -0.05) is 7.43 Å². The van der Waals surface area contributed by atoms with Crippen molar-refractivity contribution in [2.24, 2.45) is 17.2 Å². The predicted octanol–water partition coefficient (Wildman–Crippen LogP) is -0.685. The molecule has 0 spiro atoms. The van der Waals surface area contributed by atoms with E-state index in [1.165, 1.54) is 34.8 Å². The lowest BCUT2D eigenvalue weighted by molar-refractivity contribution is -0.138. The highest BCUT2D eigenvalue weighted by atomic mass is 16.5. The normalized spacial score (nSPS) is 10.8. The van der Waals surface area contributed by atoms with Gasteiger partial charge in [-0.2, -0.15) is 0 Å². The second kappa shape index (κ2) is 32.4. The van der Waals surface area contributed by atoms with E-state index in [1.807, 2.05) is 20.8 Å². The predicted molar refractivity (Wildman–Crippen MR) is 135 cm³/mol. The molecule has 13 heteroatoms. The number of esters is 1. The van der Waals surface area contributed by atoms with Gasteiger partial charge in [0.1, 0.15) is 0 Å². The first-order valence-corrected chi connectivity index (χ1v) is 10.1. The average Bonchev–Trinajstić information content (AvgIpc) is 2.65. The molecule has 0 rings (SSSR count). The number of carbonyl (C=O) groups is 5. The van der Waals surface area contributed by atoms with E-state index >= 15 is 0 Å². The largest absolute Gasteiger partial charge is 0.481 e. The van der Waals surface area contributed by atoms with Gasteiger partial charge in [-0.3, -0.25) is 24.0 Å². The maximum absolute atomic E-state index is 10.5. The molecule has 0 radical (unpaired) electrons. The van der Waals surface area contributed by atoms with E-state index in [0.29, 0.717) is 19.6 Å². The number of aliphatic carboxylic acids is 1. The second-order valence-corrected chi connectivity index (χ2v) is 6.88. The zero-order chi connectivity index (χ0) is 27.6. The van der Waals surface area contributed by atoms with Crippen LogP contribution in [0, 0.1) is 0 Å². The molecule has 0 aromatic carbocycles. The fourth-order valence-electron chi connectivity index (χ4n) is 1.000. The van der Waals surface area contributed by atoms with Crippen molar-refractivity contribution in [3.63, 3.8) is 0 Å². The molecule has 3 atom stereocenters. The molecular weight excluding hydrogens is 448 g/mol. The summed E-state index contributed by atoms with van der Waals surface area (Å²) >= 11 is 0. The van der Waals surface area contributed by atoms with E-state index in [-0.39, 0.29) is 49.2 Å². The van der Waals surface area contributed by atoms with Gasteiger partial charge in [-0.25, -0.2) is 0 Å². The number of hydrogen-bond acceptors (Lipinski definition) is 9. The monoisotopic (exact) mass is 498 g/mol. The van der Waals surface area contributed by atoms with Crippen LogP contribution in [0.4, 0.5) is 0 Å². The van der Waals surface area contributed by atoms with E-state index < -0.39 is 5.97 Å². The summed E-state index contributed by atoms with van der Waals surface area (Å²) in [5.41, 5.74) is 15.5. The lowest BCUT2D eigenvalue weighted by atomic mass is 10.3. The molecule has 0 bridgehead atoms. The Morgan fingerprint density at radius 3 is 1.24 bits per heavy atom. The van der Waals surface area contributed by atoms with E-state index in [9.17, 15) is 19.2 Å². The van der Waals surface area contributed by atoms with Crippen molar-refractivity contribution in [1.82, 2.24) is 16.0 Å². The highest BCUT2D eigenvalue weighted by molar-refractivity contribution is 5.74. The molecule has 3 amide bonds. The summed E-state index contributed by atoms with van der Waals surface area (Å²) in [5.74, 6) is -1.27. The van der Waals surface area contributed by atoms with Crippen LogP contribution >= 0.6 is 0 Å². The minimum absolute atomic E-state index is 0. The molecule has 0 aromatic rings. The van der Waals surface area contributed by atoms with E-state index in [2.05, 4.69) is 20.7 Å². The van der Waals surface area contributed by atoms with Gasteiger partial charge in [0.05, 0.1) is 7.11 Å². The Hall–Kier alpha value is -2.77. The maximum Gasteiger partial charge on any atom is 0.302 e. The molecule has 0 aliphatic heterocycles. The highest BCUT2D eigenvalue weighted by Crippen LogP contribution is 1.77. The lowest BCUT2D eigenvalue weighted by Crippen LogP contribution is -2.40. The summed E-state index contributed by atoms with van der Waals surface area (Å²) in [6.07, 6.45) is 0. The molecule has 0 saturated carbocycles. The van der Waals surface area contributed by atoms with Crippen LogP contribution in [-0.2, 0) is 28.7 Å². The van der Waals surface area contributed by atoms with Crippen LogP contribution in [0.2, 0.25) is 0 Å². The average molecular weight is 499 g/mol. The molecule has 3 unspecified atom stereocenters. The van der Waals surface area contributed by atoms with Gasteiger partial charge < -0.3 is 43.0 Å². The first-order chi connectivity index (χ1) is 14.9. The fourth-order valence-corrected chi connectivity index (χ4v) is 1.000. The van der Waals surface area contributed by atoms with Crippen molar-refractivity contribution in [3.05, 3.63) is 0 Å². The smallest absolute Gasteiger partial charge is 0.302 e. The van der Waals surface area contributed by atoms with Crippen LogP contribution in [0.25, 0.3) is 0 Å². The molecule has 0 aliphatic carbocycles. The fraction of sp³-hybridized carbons (Fsp3) is 0.762. The quantitative estimate of drug-likeness (QED) is 0.228. The number of methoxy groups -OCH3 is 1. The Balaban J connectivity index is -0.0000000756. The maximum atomic E-state index is 10.5. The van der Waals surface area contributed by atoms with Gasteiger partial charge in [-0.15, -0.1) is 0 Å². The minimum Gasteiger partial charge on any atom is -0.481 e. The van der Waals surface area contributed by atoms with E-state index in [0.717, 1.165) is 6.92 Å². The first kappa shape index (κ1) is 44.8. The number of amides is 3. The number of nitrogens with one attached hydrogen (secondary N) is 3. The minimum atomic E-state index is -0.833. The molecular formula is C21H50N6O7. The van der Waals surface area contributed by atoms with Crippen molar-refractivity contribution in [3.8, 4) is 0 Å². The van der Waals surface area contributed by atoms with E-state index in [4.69, 9.17) is 27.1 Å². The zero-order valence-electron chi connectivity index (χ0n) is 21.5. The standard InChI is InChI=1S/C7H14N2O2.C5H12N2O.C3H10N2.C3H6O2.C2H4O2.CH4/c1-5(9-7(3)11)4-8-6(2)10;1-4(6)3-7-5(2)8;1-3(5)2-4;1-3(4)5-2;1-2(3)4;/h5H,4H2,1-3H3,(H,8,10)(H,9,11);4H,3,6H2,1-2H3,(H,7,8);3H,2,4-5H2,1H3;1-2H3;1H3,(H,3,4);1H4. The summed E-state index contributed by atoms with van der Waals surface area (Å²) in [6, 6.07) is 0.213. The molecule has 10 N–H and O–H groups in total. The summed E-state index contributed by atoms with van der Waals surface area (Å²) < 4.78 is 4.11. The van der Waals surface area contributed by atoms with Crippen LogP contribution < -0.4 is 33.2 Å². The van der Waals surface area contributed by atoms with E-state index in [1.54, 1.807) is 0 Å². The second-order valence-electron chi connectivity index (χ2n) is 6.88. The summed E-state index contributed by atoms with van der Waals surface area (Å²) in [5, 5.41) is 15.2. The third-order valence-corrected chi connectivity index (χ3v) is 2.44. The topological polar surface area (TPSA) is 229 Å². The van der Waals surface area contributed by atoms with Crippen molar-refractivity contribution >= 4 is 29.7 Å². The SMILES string of the molecule is C.CC(=O)NCC(C)N.CC(=O)NCC(C)NC(C)=O.CC(=O)O.CC(N)CN.COC(C)=O. The van der Waals surface area contributed by atoms with Crippen LogP contribution in [0.1, 0.15) is 62.8 Å². The van der Waals surface area contributed by atoms with Gasteiger partial charge in [-0.05, 0) is 20.8 Å². The van der Waals surface area contributed by atoms with Crippen LogP contribution in [-0.4, -0.2) is 79.6 Å².